The Morgan fingerprint density at radius 1 is 1.19 bits per heavy atom. The van der Waals surface area contributed by atoms with Gasteiger partial charge >= 0.3 is 0 Å². The number of carbonyl (C=O) groups excluding carboxylic acids is 3. The molecule has 8 nitrogen and oxygen atoms in total. The molecule has 0 radical (unpaired) electrons. The number of amides is 3. The summed E-state index contributed by atoms with van der Waals surface area (Å²) >= 11 is 3.24. The van der Waals surface area contributed by atoms with Crippen molar-refractivity contribution in [3.05, 3.63) is 28.7 Å². The molecular weight excluding hydrogens is 426 g/mol. The van der Waals surface area contributed by atoms with Gasteiger partial charge in [-0.3, -0.25) is 19.3 Å². The molecule has 1 heterocycles. The summed E-state index contributed by atoms with van der Waals surface area (Å²) in [5.41, 5.74) is 0. The number of imide groups is 1. The van der Waals surface area contributed by atoms with Crippen LogP contribution < -0.4 is 5.32 Å². The Labute approximate surface area is 160 Å². The quantitative estimate of drug-likeness (QED) is 0.468. The van der Waals surface area contributed by atoms with Gasteiger partial charge < -0.3 is 5.32 Å². The zero-order valence-electron chi connectivity index (χ0n) is 14.3. The summed E-state index contributed by atoms with van der Waals surface area (Å²) in [7, 11) is -2.42. The van der Waals surface area contributed by atoms with Crippen molar-refractivity contribution < 1.29 is 22.8 Å². The average Bonchev–Trinajstić information content (AvgIpc) is 2.90. The van der Waals surface area contributed by atoms with E-state index >= 15 is 0 Å². The fourth-order valence-electron chi connectivity index (χ4n) is 2.47. The lowest BCUT2D eigenvalue weighted by Crippen LogP contribution is -2.39. The molecule has 0 aliphatic carbocycles. The van der Waals surface area contributed by atoms with Gasteiger partial charge in [0, 0.05) is 37.5 Å². The lowest BCUT2D eigenvalue weighted by molar-refractivity contribution is -0.138. The SMILES string of the molecule is CN(CC(=O)NCCCN1C(=O)CCC1=O)S(=O)(=O)c1ccc(Br)cc1. The third kappa shape index (κ3) is 5.12. The van der Waals surface area contributed by atoms with E-state index in [1.807, 2.05) is 0 Å². The monoisotopic (exact) mass is 445 g/mol. The lowest BCUT2D eigenvalue weighted by atomic mass is 10.4. The highest BCUT2D eigenvalue weighted by Gasteiger charge is 2.28. The molecule has 1 N–H and O–H groups in total. The molecule has 1 saturated heterocycles. The third-order valence-electron chi connectivity index (χ3n) is 3.92. The number of hydrogen-bond donors (Lipinski definition) is 1. The molecule has 0 saturated carbocycles. The van der Waals surface area contributed by atoms with Crippen molar-refractivity contribution in [2.75, 3.05) is 26.7 Å². The average molecular weight is 446 g/mol. The molecule has 0 atom stereocenters. The maximum Gasteiger partial charge on any atom is 0.243 e. The highest BCUT2D eigenvalue weighted by atomic mass is 79.9. The van der Waals surface area contributed by atoms with Gasteiger partial charge in [-0.05, 0) is 30.7 Å². The van der Waals surface area contributed by atoms with Crippen molar-refractivity contribution in [1.29, 1.82) is 0 Å². The number of likely N-dealkylation sites (N-methyl/N-ethyl adjacent to an activating group) is 1. The highest BCUT2D eigenvalue weighted by Crippen LogP contribution is 2.17. The Balaban J connectivity index is 1.78. The first kappa shape index (κ1) is 20.5. The predicted molar refractivity (Wildman–Crippen MR) is 97.5 cm³/mol. The topological polar surface area (TPSA) is 104 Å². The first-order valence-corrected chi connectivity index (χ1v) is 10.3. The van der Waals surface area contributed by atoms with Gasteiger partial charge in [0.2, 0.25) is 27.7 Å². The molecule has 0 spiro atoms. The van der Waals surface area contributed by atoms with E-state index in [1.54, 1.807) is 12.1 Å². The Bertz CT molecular complexity index is 779. The molecule has 1 fully saturated rings. The van der Waals surface area contributed by atoms with Crippen LogP contribution in [-0.2, 0) is 24.4 Å². The Hall–Kier alpha value is -1.78. The number of hydrogen-bond acceptors (Lipinski definition) is 5. The van der Waals surface area contributed by atoms with Crippen LogP contribution in [0.4, 0.5) is 0 Å². The molecule has 0 bridgehead atoms. The van der Waals surface area contributed by atoms with Gasteiger partial charge in [-0.25, -0.2) is 8.42 Å². The van der Waals surface area contributed by atoms with Crippen LogP contribution >= 0.6 is 15.9 Å². The van der Waals surface area contributed by atoms with Gasteiger partial charge in [-0.15, -0.1) is 0 Å². The van der Waals surface area contributed by atoms with Crippen LogP contribution in [0, 0.1) is 0 Å². The number of halogens is 1. The summed E-state index contributed by atoms with van der Waals surface area (Å²) in [6.45, 7) is 0.188. The molecule has 2 rings (SSSR count). The summed E-state index contributed by atoms with van der Waals surface area (Å²) in [5, 5.41) is 2.60. The number of rotatable bonds is 8. The second-order valence-corrected chi connectivity index (χ2v) is 8.82. The summed E-state index contributed by atoms with van der Waals surface area (Å²) < 4.78 is 26.5. The van der Waals surface area contributed by atoms with E-state index in [9.17, 15) is 22.8 Å². The van der Waals surface area contributed by atoms with Crippen LogP contribution in [0.25, 0.3) is 0 Å². The maximum absolute atomic E-state index is 12.4. The molecule has 10 heteroatoms. The van der Waals surface area contributed by atoms with Crippen LogP contribution in [0.3, 0.4) is 0 Å². The standard InChI is InChI=1S/C16H20BrN3O5S/c1-19(26(24,25)13-5-3-12(17)4-6-13)11-14(21)18-9-2-10-20-15(22)7-8-16(20)23/h3-6H,2,7-11H2,1H3,(H,18,21). The predicted octanol–water partition coefficient (Wildman–Crippen LogP) is 0.725. The summed E-state index contributed by atoms with van der Waals surface area (Å²) in [5.74, 6) is -0.837. The number of nitrogens with one attached hydrogen (secondary N) is 1. The normalized spacial score (nSPS) is 15.0. The molecular formula is C16H20BrN3O5S. The lowest BCUT2D eigenvalue weighted by Gasteiger charge is -2.17. The molecule has 1 aliphatic heterocycles. The van der Waals surface area contributed by atoms with E-state index in [1.165, 1.54) is 24.1 Å². The summed E-state index contributed by atoms with van der Waals surface area (Å²) in [4.78, 5) is 36.2. The van der Waals surface area contributed by atoms with E-state index in [-0.39, 0.29) is 49.2 Å². The fraction of sp³-hybridized carbons (Fsp3) is 0.438. The van der Waals surface area contributed by atoms with Crippen molar-refractivity contribution in [3.8, 4) is 0 Å². The number of carbonyl (C=O) groups is 3. The van der Waals surface area contributed by atoms with Crippen LogP contribution in [0.1, 0.15) is 19.3 Å². The van der Waals surface area contributed by atoms with Crippen molar-refractivity contribution in [1.82, 2.24) is 14.5 Å². The summed E-state index contributed by atoms with van der Waals surface area (Å²) in [6.07, 6.45) is 0.903. The van der Waals surface area contributed by atoms with Crippen molar-refractivity contribution in [3.63, 3.8) is 0 Å². The molecule has 0 unspecified atom stereocenters. The van der Waals surface area contributed by atoms with E-state index in [4.69, 9.17) is 0 Å². The minimum atomic E-state index is -3.75. The van der Waals surface area contributed by atoms with Crippen molar-refractivity contribution in [2.45, 2.75) is 24.2 Å². The van der Waals surface area contributed by atoms with Gasteiger partial charge in [-0.1, -0.05) is 15.9 Å². The van der Waals surface area contributed by atoms with Gasteiger partial charge in [0.15, 0.2) is 0 Å². The number of likely N-dealkylation sites (tertiary alicyclic amines) is 1. The highest BCUT2D eigenvalue weighted by molar-refractivity contribution is 9.10. The minimum absolute atomic E-state index is 0.0991. The maximum atomic E-state index is 12.4. The number of nitrogens with zero attached hydrogens (tertiary/aromatic N) is 2. The molecule has 1 aliphatic rings. The largest absolute Gasteiger partial charge is 0.355 e. The Kier molecular flexibility index (Phi) is 6.90. The second-order valence-electron chi connectivity index (χ2n) is 5.86. The van der Waals surface area contributed by atoms with Crippen molar-refractivity contribution >= 4 is 43.7 Å². The van der Waals surface area contributed by atoms with Gasteiger partial charge in [-0.2, -0.15) is 4.31 Å². The fourth-order valence-corrected chi connectivity index (χ4v) is 3.86. The zero-order chi connectivity index (χ0) is 19.3. The zero-order valence-corrected chi connectivity index (χ0v) is 16.7. The minimum Gasteiger partial charge on any atom is -0.355 e. The molecule has 0 aromatic heterocycles. The second kappa shape index (κ2) is 8.74. The van der Waals surface area contributed by atoms with Gasteiger partial charge in [0.05, 0.1) is 11.4 Å². The van der Waals surface area contributed by atoms with E-state index in [0.29, 0.717) is 6.42 Å². The first-order valence-electron chi connectivity index (χ1n) is 8.03. The Morgan fingerprint density at radius 2 is 1.77 bits per heavy atom. The van der Waals surface area contributed by atoms with E-state index in [2.05, 4.69) is 21.2 Å². The molecule has 142 valence electrons. The third-order valence-corrected chi connectivity index (χ3v) is 6.27. The summed E-state index contributed by atoms with van der Waals surface area (Å²) in [6, 6.07) is 6.14. The molecule has 1 aromatic carbocycles. The molecule has 3 amide bonds. The van der Waals surface area contributed by atoms with Gasteiger partial charge in [0.25, 0.3) is 0 Å². The van der Waals surface area contributed by atoms with Crippen LogP contribution in [-0.4, -0.2) is 62.0 Å². The smallest absolute Gasteiger partial charge is 0.243 e. The van der Waals surface area contributed by atoms with Crippen LogP contribution in [0.2, 0.25) is 0 Å². The first-order chi connectivity index (χ1) is 12.2. The van der Waals surface area contributed by atoms with E-state index < -0.39 is 15.9 Å². The number of benzene rings is 1. The van der Waals surface area contributed by atoms with Gasteiger partial charge in [0.1, 0.15) is 0 Å². The molecule has 26 heavy (non-hydrogen) atoms. The van der Waals surface area contributed by atoms with E-state index in [0.717, 1.165) is 8.78 Å². The van der Waals surface area contributed by atoms with Crippen molar-refractivity contribution in [2.24, 2.45) is 0 Å². The number of sulfonamides is 1. The Morgan fingerprint density at radius 3 is 2.35 bits per heavy atom. The van der Waals surface area contributed by atoms with Crippen LogP contribution in [0.15, 0.2) is 33.6 Å². The van der Waals surface area contributed by atoms with Crippen LogP contribution in [0.5, 0.6) is 0 Å². The molecule has 1 aromatic rings.